The van der Waals surface area contributed by atoms with E-state index in [1.807, 2.05) is 13.8 Å². The SMILES string of the molecule is COC(C)(C)CCC(NN)c1cccc(C(F)(F)F)c1. The molecule has 0 aromatic heterocycles. The molecule has 0 fully saturated rings. The Balaban J connectivity index is 2.85. The summed E-state index contributed by atoms with van der Waals surface area (Å²) < 4.78 is 43.4. The van der Waals surface area contributed by atoms with Gasteiger partial charge in [0.2, 0.25) is 0 Å². The number of rotatable bonds is 6. The van der Waals surface area contributed by atoms with E-state index in [1.165, 1.54) is 6.07 Å². The number of hydrazine groups is 1. The lowest BCUT2D eigenvalue weighted by Crippen LogP contribution is -2.31. The van der Waals surface area contributed by atoms with Crippen LogP contribution >= 0.6 is 0 Å². The number of halogens is 3. The Morgan fingerprint density at radius 3 is 2.45 bits per heavy atom. The lowest BCUT2D eigenvalue weighted by atomic mass is 9.94. The summed E-state index contributed by atoms with van der Waals surface area (Å²) in [6, 6.07) is 4.87. The van der Waals surface area contributed by atoms with E-state index in [1.54, 1.807) is 13.2 Å². The highest BCUT2D eigenvalue weighted by atomic mass is 19.4. The smallest absolute Gasteiger partial charge is 0.379 e. The van der Waals surface area contributed by atoms with E-state index >= 15 is 0 Å². The van der Waals surface area contributed by atoms with Gasteiger partial charge < -0.3 is 4.74 Å². The highest BCUT2D eigenvalue weighted by Gasteiger charge is 2.31. The van der Waals surface area contributed by atoms with Gasteiger partial charge in [0.05, 0.1) is 11.2 Å². The van der Waals surface area contributed by atoms with Crippen LogP contribution in [-0.2, 0) is 10.9 Å². The van der Waals surface area contributed by atoms with Crippen molar-refractivity contribution in [1.29, 1.82) is 0 Å². The highest BCUT2D eigenvalue weighted by Crippen LogP contribution is 2.32. The number of ether oxygens (including phenoxy) is 1. The zero-order valence-corrected chi connectivity index (χ0v) is 11.9. The maximum atomic E-state index is 12.7. The molecule has 20 heavy (non-hydrogen) atoms. The van der Waals surface area contributed by atoms with Crippen molar-refractivity contribution in [3.05, 3.63) is 35.4 Å². The van der Waals surface area contributed by atoms with Gasteiger partial charge in [-0.05, 0) is 44.4 Å². The van der Waals surface area contributed by atoms with Crippen molar-refractivity contribution in [2.45, 2.75) is 44.5 Å². The predicted octanol–water partition coefficient (Wildman–Crippen LogP) is 3.42. The summed E-state index contributed by atoms with van der Waals surface area (Å²) in [7, 11) is 1.61. The molecule has 0 radical (unpaired) electrons. The summed E-state index contributed by atoms with van der Waals surface area (Å²) in [5.41, 5.74) is 2.09. The minimum atomic E-state index is -4.35. The molecule has 1 aromatic carbocycles. The molecule has 0 spiro atoms. The standard InChI is InChI=1S/C14H21F3N2O/c1-13(2,20-3)8-7-12(19-18)10-5-4-6-11(9-10)14(15,16)17/h4-6,9,12,19H,7-8,18H2,1-3H3. The summed E-state index contributed by atoms with van der Waals surface area (Å²) in [5.74, 6) is 5.46. The average molecular weight is 290 g/mol. The van der Waals surface area contributed by atoms with Crippen LogP contribution in [0.25, 0.3) is 0 Å². The Morgan fingerprint density at radius 2 is 1.95 bits per heavy atom. The van der Waals surface area contributed by atoms with Gasteiger partial charge in [-0.15, -0.1) is 0 Å². The molecule has 0 saturated carbocycles. The monoisotopic (exact) mass is 290 g/mol. The molecule has 3 nitrogen and oxygen atoms in total. The van der Waals surface area contributed by atoms with Crippen molar-refractivity contribution < 1.29 is 17.9 Å². The summed E-state index contributed by atoms with van der Waals surface area (Å²) in [5, 5.41) is 0. The van der Waals surface area contributed by atoms with Gasteiger partial charge in [-0.3, -0.25) is 11.3 Å². The van der Waals surface area contributed by atoms with Crippen molar-refractivity contribution >= 4 is 0 Å². The minimum absolute atomic E-state index is 0.337. The molecule has 1 rings (SSSR count). The highest BCUT2D eigenvalue weighted by molar-refractivity contribution is 5.28. The number of hydrogen-bond donors (Lipinski definition) is 2. The Kier molecular flexibility index (Phi) is 5.56. The summed E-state index contributed by atoms with van der Waals surface area (Å²) >= 11 is 0. The number of methoxy groups -OCH3 is 1. The molecule has 3 N–H and O–H groups in total. The zero-order valence-electron chi connectivity index (χ0n) is 11.9. The second kappa shape index (κ2) is 6.56. The number of nitrogens with two attached hydrogens (primary N) is 1. The van der Waals surface area contributed by atoms with Crippen molar-refractivity contribution in [2.75, 3.05) is 7.11 Å². The van der Waals surface area contributed by atoms with Crippen molar-refractivity contribution in [2.24, 2.45) is 5.84 Å². The molecule has 0 bridgehead atoms. The Labute approximate surface area is 117 Å². The van der Waals surface area contributed by atoms with E-state index < -0.39 is 11.7 Å². The fourth-order valence-electron chi connectivity index (χ4n) is 1.87. The molecular formula is C14H21F3N2O. The number of nitrogens with one attached hydrogen (secondary N) is 1. The van der Waals surface area contributed by atoms with Gasteiger partial charge in [0.1, 0.15) is 0 Å². The molecule has 6 heteroatoms. The summed E-state index contributed by atoms with van der Waals surface area (Å²) in [4.78, 5) is 0. The van der Waals surface area contributed by atoms with E-state index in [2.05, 4.69) is 5.43 Å². The van der Waals surface area contributed by atoms with Crippen LogP contribution in [0.5, 0.6) is 0 Å². The first-order valence-corrected chi connectivity index (χ1v) is 6.38. The lowest BCUT2D eigenvalue weighted by Gasteiger charge is -2.26. The molecule has 114 valence electrons. The van der Waals surface area contributed by atoms with Gasteiger partial charge in [0.25, 0.3) is 0 Å². The molecule has 0 amide bonds. The van der Waals surface area contributed by atoms with Crippen LogP contribution in [0.1, 0.15) is 43.9 Å². The van der Waals surface area contributed by atoms with E-state index in [0.29, 0.717) is 18.4 Å². The van der Waals surface area contributed by atoms with Crippen molar-refractivity contribution in [3.8, 4) is 0 Å². The van der Waals surface area contributed by atoms with Gasteiger partial charge in [0, 0.05) is 13.2 Å². The van der Waals surface area contributed by atoms with Crippen LogP contribution in [0.15, 0.2) is 24.3 Å². The first-order valence-electron chi connectivity index (χ1n) is 6.38. The Hall–Kier alpha value is -1.11. The van der Waals surface area contributed by atoms with E-state index in [-0.39, 0.29) is 11.6 Å². The normalized spacial score (nSPS) is 14.3. The van der Waals surface area contributed by atoms with Crippen LogP contribution < -0.4 is 11.3 Å². The third-order valence-corrected chi connectivity index (χ3v) is 3.41. The lowest BCUT2D eigenvalue weighted by molar-refractivity contribution is -0.137. The fourth-order valence-corrected chi connectivity index (χ4v) is 1.87. The van der Waals surface area contributed by atoms with Crippen LogP contribution in [0.3, 0.4) is 0 Å². The second-order valence-electron chi connectivity index (χ2n) is 5.34. The first-order chi connectivity index (χ1) is 9.19. The molecule has 0 aliphatic rings. The molecule has 0 saturated heterocycles. The Morgan fingerprint density at radius 1 is 1.30 bits per heavy atom. The predicted molar refractivity (Wildman–Crippen MR) is 71.8 cm³/mol. The van der Waals surface area contributed by atoms with Gasteiger partial charge in [0.15, 0.2) is 0 Å². The summed E-state index contributed by atoms with van der Waals surface area (Å²) in [6.07, 6.45) is -3.09. The minimum Gasteiger partial charge on any atom is -0.379 e. The van der Waals surface area contributed by atoms with E-state index in [9.17, 15) is 13.2 Å². The number of hydrogen-bond acceptors (Lipinski definition) is 3. The molecule has 1 aromatic rings. The van der Waals surface area contributed by atoms with Gasteiger partial charge in [-0.1, -0.05) is 12.1 Å². The molecule has 0 heterocycles. The molecule has 1 atom stereocenters. The third kappa shape index (κ3) is 4.77. The molecule has 0 aliphatic heterocycles. The van der Waals surface area contributed by atoms with Crippen LogP contribution in [0, 0.1) is 0 Å². The van der Waals surface area contributed by atoms with Gasteiger partial charge in [-0.25, -0.2) is 0 Å². The number of benzene rings is 1. The average Bonchev–Trinajstić information content (AvgIpc) is 2.39. The largest absolute Gasteiger partial charge is 0.416 e. The van der Waals surface area contributed by atoms with Crippen LogP contribution in [-0.4, -0.2) is 12.7 Å². The Bertz CT molecular complexity index is 433. The topological polar surface area (TPSA) is 47.3 Å². The zero-order chi connectivity index (χ0) is 15.4. The molecule has 0 aliphatic carbocycles. The van der Waals surface area contributed by atoms with Gasteiger partial charge in [-0.2, -0.15) is 13.2 Å². The molecular weight excluding hydrogens is 269 g/mol. The summed E-state index contributed by atoms with van der Waals surface area (Å²) in [6.45, 7) is 3.85. The van der Waals surface area contributed by atoms with Crippen molar-refractivity contribution in [3.63, 3.8) is 0 Å². The van der Waals surface area contributed by atoms with Crippen molar-refractivity contribution in [1.82, 2.24) is 5.43 Å². The third-order valence-electron chi connectivity index (χ3n) is 3.41. The van der Waals surface area contributed by atoms with Crippen LogP contribution in [0.2, 0.25) is 0 Å². The molecule has 1 unspecified atom stereocenters. The van der Waals surface area contributed by atoms with Gasteiger partial charge >= 0.3 is 6.18 Å². The van der Waals surface area contributed by atoms with E-state index in [4.69, 9.17) is 10.6 Å². The maximum absolute atomic E-state index is 12.7. The second-order valence-corrected chi connectivity index (χ2v) is 5.34. The first kappa shape index (κ1) is 16.9. The van der Waals surface area contributed by atoms with Crippen LogP contribution in [0.4, 0.5) is 13.2 Å². The maximum Gasteiger partial charge on any atom is 0.416 e. The fraction of sp³-hybridized carbons (Fsp3) is 0.571. The number of alkyl halides is 3. The van der Waals surface area contributed by atoms with E-state index in [0.717, 1.165) is 12.1 Å². The quantitative estimate of drug-likeness (QED) is 0.623.